The van der Waals surface area contributed by atoms with E-state index >= 15 is 0 Å². The molecule has 0 aromatic carbocycles. The molecule has 20 heavy (non-hydrogen) atoms. The highest BCUT2D eigenvalue weighted by atomic mass is 32.2. The Balaban J connectivity index is 1.99. The molecule has 1 saturated heterocycles. The summed E-state index contributed by atoms with van der Waals surface area (Å²) < 4.78 is 73.2. The molecule has 2 unspecified atom stereocenters. The minimum Gasteiger partial charge on any atom is -0.381 e. The van der Waals surface area contributed by atoms with Crippen LogP contribution in [0.1, 0.15) is 19.3 Å². The Morgan fingerprint density at radius 1 is 1.35 bits per heavy atom. The second-order valence-electron chi connectivity index (χ2n) is 4.74. The van der Waals surface area contributed by atoms with Crippen LogP contribution in [0.2, 0.25) is 0 Å². The highest BCUT2D eigenvalue weighted by molar-refractivity contribution is 7.87. The lowest BCUT2D eigenvalue weighted by Gasteiger charge is -2.23. The van der Waals surface area contributed by atoms with Crippen molar-refractivity contribution < 1.29 is 35.2 Å². The van der Waals surface area contributed by atoms with Gasteiger partial charge in [0.25, 0.3) is 0 Å². The van der Waals surface area contributed by atoms with E-state index in [9.17, 15) is 21.6 Å². The largest absolute Gasteiger partial charge is 0.534 e. The summed E-state index contributed by atoms with van der Waals surface area (Å²) in [5.74, 6) is 0.0623. The van der Waals surface area contributed by atoms with Crippen LogP contribution in [-0.4, -0.2) is 39.9 Å². The minimum atomic E-state index is -5.60. The molecule has 116 valence electrons. The molecule has 0 radical (unpaired) electrons. The molecule has 2 aliphatic heterocycles. The SMILES string of the molecule is O=S(=O)(OC1=CC(CC2CCOC2)OCC1)C(F)(F)F. The van der Waals surface area contributed by atoms with Gasteiger partial charge < -0.3 is 13.7 Å². The Labute approximate surface area is 114 Å². The first-order valence-corrected chi connectivity index (χ1v) is 7.59. The van der Waals surface area contributed by atoms with E-state index in [4.69, 9.17) is 9.47 Å². The fourth-order valence-electron chi connectivity index (χ4n) is 2.14. The van der Waals surface area contributed by atoms with Crippen molar-refractivity contribution in [1.82, 2.24) is 0 Å². The Hall–Kier alpha value is -0.800. The third-order valence-corrected chi connectivity index (χ3v) is 4.14. The van der Waals surface area contributed by atoms with Crippen molar-refractivity contribution >= 4 is 10.1 Å². The van der Waals surface area contributed by atoms with E-state index in [0.29, 0.717) is 19.6 Å². The molecule has 9 heteroatoms. The van der Waals surface area contributed by atoms with Crippen molar-refractivity contribution in [3.8, 4) is 0 Å². The summed E-state index contributed by atoms with van der Waals surface area (Å²) in [6, 6.07) is 0. The summed E-state index contributed by atoms with van der Waals surface area (Å²) >= 11 is 0. The lowest BCUT2D eigenvalue weighted by Crippen LogP contribution is -2.28. The van der Waals surface area contributed by atoms with Crippen molar-refractivity contribution in [3.63, 3.8) is 0 Å². The summed E-state index contributed by atoms with van der Waals surface area (Å²) in [6.07, 6.45) is 2.33. The molecule has 0 amide bonds. The normalized spacial score (nSPS) is 28.2. The fourth-order valence-corrected chi connectivity index (χ4v) is 2.66. The first-order chi connectivity index (χ1) is 9.28. The van der Waals surface area contributed by atoms with Gasteiger partial charge in [-0.05, 0) is 24.8 Å². The van der Waals surface area contributed by atoms with Crippen LogP contribution < -0.4 is 0 Å². The number of alkyl halides is 3. The highest BCUT2D eigenvalue weighted by Crippen LogP contribution is 2.30. The molecule has 5 nitrogen and oxygen atoms in total. The Kier molecular flexibility index (Phi) is 4.60. The zero-order valence-electron chi connectivity index (χ0n) is 10.6. The predicted octanol–water partition coefficient (Wildman–Crippen LogP) is 1.95. The number of rotatable bonds is 4. The van der Waals surface area contributed by atoms with E-state index in [1.54, 1.807) is 0 Å². The maximum Gasteiger partial charge on any atom is 0.534 e. The fraction of sp³-hybridized carbons (Fsp3) is 0.818. The summed E-state index contributed by atoms with van der Waals surface area (Å²) in [6.45, 7) is 1.38. The molecular weight excluding hydrogens is 301 g/mol. The molecule has 1 fully saturated rings. The molecule has 0 bridgehead atoms. The number of ether oxygens (including phenoxy) is 2. The molecule has 2 rings (SSSR count). The molecule has 2 atom stereocenters. The van der Waals surface area contributed by atoms with Crippen LogP contribution >= 0.6 is 0 Å². The monoisotopic (exact) mass is 316 g/mol. The quantitative estimate of drug-likeness (QED) is 0.586. The van der Waals surface area contributed by atoms with Gasteiger partial charge in [0.1, 0.15) is 5.76 Å². The van der Waals surface area contributed by atoms with Gasteiger partial charge in [-0.15, -0.1) is 0 Å². The zero-order chi connectivity index (χ0) is 14.8. The molecule has 0 saturated carbocycles. The molecule has 2 heterocycles. The second kappa shape index (κ2) is 5.90. The van der Waals surface area contributed by atoms with Crippen molar-refractivity contribution in [1.29, 1.82) is 0 Å². The maximum atomic E-state index is 12.2. The third kappa shape index (κ3) is 3.86. The van der Waals surface area contributed by atoms with Gasteiger partial charge in [-0.2, -0.15) is 21.6 Å². The predicted molar refractivity (Wildman–Crippen MR) is 62.0 cm³/mol. The van der Waals surface area contributed by atoms with Crippen LogP contribution in [0.15, 0.2) is 11.8 Å². The maximum absolute atomic E-state index is 12.2. The van der Waals surface area contributed by atoms with Crippen molar-refractivity contribution in [2.24, 2.45) is 5.92 Å². The molecular formula is C11H15F3O5S. The van der Waals surface area contributed by atoms with Crippen LogP contribution in [-0.2, 0) is 23.8 Å². The van der Waals surface area contributed by atoms with Crippen molar-refractivity contribution in [2.75, 3.05) is 19.8 Å². The van der Waals surface area contributed by atoms with Crippen molar-refractivity contribution in [2.45, 2.75) is 30.9 Å². The van der Waals surface area contributed by atoms with E-state index < -0.39 is 21.7 Å². The van der Waals surface area contributed by atoms with Crippen LogP contribution in [0.25, 0.3) is 0 Å². The van der Waals surface area contributed by atoms with Crippen LogP contribution in [0.3, 0.4) is 0 Å². The lowest BCUT2D eigenvalue weighted by atomic mass is 9.99. The molecule has 0 N–H and O–H groups in total. The average Bonchev–Trinajstić information content (AvgIpc) is 2.80. The van der Waals surface area contributed by atoms with Gasteiger partial charge in [-0.3, -0.25) is 0 Å². The van der Waals surface area contributed by atoms with Gasteiger partial charge in [0, 0.05) is 19.6 Å². The zero-order valence-corrected chi connectivity index (χ0v) is 11.4. The Morgan fingerprint density at radius 3 is 2.70 bits per heavy atom. The van der Waals surface area contributed by atoms with E-state index in [1.807, 2.05) is 0 Å². The molecule has 0 spiro atoms. The van der Waals surface area contributed by atoms with E-state index in [0.717, 1.165) is 6.42 Å². The number of hydrogen-bond acceptors (Lipinski definition) is 5. The lowest BCUT2D eigenvalue weighted by molar-refractivity contribution is -0.0531. The molecule has 0 aromatic heterocycles. The van der Waals surface area contributed by atoms with Crippen molar-refractivity contribution in [3.05, 3.63) is 11.8 Å². The Morgan fingerprint density at radius 2 is 2.10 bits per heavy atom. The summed E-state index contributed by atoms with van der Waals surface area (Å²) in [5, 5.41) is 0. The summed E-state index contributed by atoms with van der Waals surface area (Å²) in [4.78, 5) is 0. The van der Waals surface area contributed by atoms with Gasteiger partial charge in [0.2, 0.25) is 0 Å². The number of halogens is 3. The van der Waals surface area contributed by atoms with Gasteiger partial charge in [-0.25, -0.2) is 0 Å². The van der Waals surface area contributed by atoms with E-state index in [2.05, 4.69) is 4.18 Å². The van der Waals surface area contributed by atoms with E-state index in [-0.39, 0.29) is 24.7 Å². The third-order valence-electron chi connectivity index (χ3n) is 3.14. The first-order valence-electron chi connectivity index (χ1n) is 6.19. The van der Waals surface area contributed by atoms with Gasteiger partial charge in [-0.1, -0.05) is 0 Å². The molecule has 0 aromatic rings. The molecule has 0 aliphatic carbocycles. The Bertz CT molecular complexity index is 465. The van der Waals surface area contributed by atoms with Gasteiger partial charge in [0.05, 0.1) is 12.7 Å². The first kappa shape index (κ1) is 15.6. The minimum absolute atomic E-state index is 0.00692. The second-order valence-corrected chi connectivity index (χ2v) is 6.28. The van der Waals surface area contributed by atoms with Crippen LogP contribution in [0, 0.1) is 5.92 Å². The standard InChI is InChI=1S/C11H15F3O5S/c12-11(13,14)20(15,16)19-9-2-4-18-10(6-9)5-8-1-3-17-7-8/h6,8,10H,1-5,7H2. The van der Waals surface area contributed by atoms with Crippen LogP contribution in [0.4, 0.5) is 13.2 Å². The topological polar surface area (TPSA) is 61.8 Å². The van der Waals surface area contributed by atoms with Gasteiger partial charge >= 0.3 is 15.6 Å². The van der Waals surface area contributed by atoms with E-state index in [1.165, 1.54) is 6.08 Å². The van der Waals surface area contributed by atoms with Crippen LogP contribution in [0.5, 0.6) is 0 Å². The smallest absolute Gasteiger partial charge is 0.381 e. The number of hydrogen-bond donors (Lipinski definition) is 0. The highest BCUT2D eigenvalue weighted by Gasteiger charge is 2.49. The summed E-state index contributed by atoms with van der Waals surface area (Å²) in [7, 11) is -5.60. The molecule has 2 aliphatic rings. The van der Waals surface area contributed by atoms with Gasteiger partial charge in [0.15, 0.2) is 0 Å². The summed E-state index contributed by atoms with van der Waals surface area (Å²) in [5.41, 5.74) is -5.42. The average molecular weight is 316 g/mol.